The zero-order valence-electron chi connectivity index (χ0n) is 8.89. The van der Waals surface area contributed by atoms with Gasteiger partial charge in [-0.3, -0.25) is 0 Å². The molecule has 2 N–H and O–H groups in total. The van der Waals surface area contributed by atoms with Gasteiger partial charge in [-0.2, -0.15) is 0 Å². The first-order valence-electron chi connectivity index (χ1n) is 5.48. The second-order valence-electron chi connectivity index (χ2n) is 4.06. The van der Waals surface area contributed by atoms with Crippen LogP contribution in [0.15, 0.2) is 23.6 Å². The van der Waals surface area contributed by atoms with Crippen LogP contribution in [-0.4, -0.2) is 9.97 Å². The number of thiophene rings is 1. The lowest BCUT2D eigenvalue weighted by Crippen LogP contribution is -2.04. The molecule has 0 bridgehead atoms. The van der Waals surface area contributed by atoms with Gasteiger partial charge in [-0.05, 0) is 30.4 Å². The third kappa shape index (κ3) is 1.86. The van der Waals surface area contributed by atoms with Crippen LogP contribution in [-0.2, 0) is 6.54 Å². The van der Waals surface area contributed by atoms with Gasteiger partial charge in [-0.15, -0.1) is 11.3 Å². The fraction of sp³-hybridized carbons (Fsp3) is 0.333. The third-order valence-corrected chi connectivity index (χ3v) is 3.61. The Balaban J connectivity index is 2.06. The van der Waals surface area contributed by atoms with E-state index in [-0.39, 0.29) is 0 Å². The lowest BCUT2D eigenvalue weighted by Gasteiger charge is -2.04. The van der Waals surface area contributed by atoms with Gasteiger partial charge < -0.3 is 5.73 Å². The summed E-state index contributed by atoms with van der Waals surface area (Å²) in [5, 5.41) is 2.07. The highest BCUT2D eigenvalue weighted by Crippen LogP contribution is 2.39. The molecule has 1 aliphatic carbocycles. The molecule has 0 aliphatic heterocycles. The van der Waals surface area contributed by atoms with Crippen molar-refractivity contribution in [2.45, 2.75) is 25.3 Å². The van der Waals surface area contributed by atoms with Gasteiger partial charge in [0, 0.05) is 12.5 Å². The minimum Gasteiger partial charge on any atom is -0.325 e. The van der Waals surface area contributed by atoms with Crippen molar-refractivity contribution in [1.29, 1.82) is 0 Å². The van der Waals surface area contributed by atoms with Gasteiger partial charge in [0.15, 0.2) is 0 Å². The van der Waals surface area contributed by atoms with E-state index in [1.54, 1.807) is 11.3 Å². The van der Waals surface area contributed by atoms with E-state index in [0.717, 1.165) is 17.2 Å². The molecule has 0 amide bonds. The van der Waals surface area contributed by atoms with E-state index in [1.807, 2.05) is 12.1 Å². The second-order valence-corrected chi connectivity index (χ2v) is 5.01. The van der Waals surface area contributed by atoms with E-state index >= 15 is 0 Å². The SMILES string of the molecule is NCc1cc(-c2cccs2)nc(C2CC2)n1. The summed E-state index contributed by atoms with van der Waals surface area (Å²) in [4.78, 5) is 10.3. The number of rotatable bonds is 3. The normalized spacial score (nSPS) is 15.3. The van der Waals surface area contributed by atoms with Crippen molar-refractivity contribution in [3.8, 4) is 10.6 Å². The predicted molar refractivity (Wildman–Crippen MR) is 65.2 cm³/mol. The number of nitrogens with two attached hydrogens (primary N) is 1. The fourth-order valence-corrected chi connectivity index (χ4v) is 2.38. The van der Waals surface area contributed by atoms with E-state index in [9.17, 15) is 0 Å². The summed E-state index contributed by atoms with van der Waals surface area (Å²) in [5.74, 6) is 1.55. The molecule has 0 saturated heterocycles. The van der Waals surface area contributed by atoms with Crippen molar-refractivity contribution in [3.05, 3.63) is 35.1 Å². The van der Waals surface area contributed by atoms with Crippen LogP contribution in [0.2, 0.25) is 0 Å². The highest BCUT2D eigenvalue weighted by Gasteiger charge is 2.27. The van der Waals surface area contributed by atoms with Crippen molar-refractivity contribution in [2.24, 2.45) is 5.73 Å². The molecular weight excluding hydrogens is 218 g/mol. The second kappa shape index (κ2) is 3.96. The van der Waals surface area contributed by atoms with Gasteiger partial charge in [0.25, 0.3) is 0 Å². The summed E-state index contributed by atoms with van der Waals surface area (Å²) in [6.07, 6.45) is 2.44. The van der Waals surface area contributed by atoms with E-state index in [0.29, 0.717) is 12.5 Å². The smallest absolute Gasteiger partial charge is 0.132 e. The Morgan fingerprint density at radius 3 is 2.88 bits per heavy atom. The Hall–Kier alpha value is -1.26. The quantitative estimate of drug-likeness (QED) is 0.883. The first kappa shape index (κ1) is 9.93. The first-order chi connectivity index (χ1) is 7.86. The van der Waals surface area contributed by atoms with Crippen molar-refractivity contribution in [2.75, 3.05) is 0 Å². The van der Waals surface area contributed by atoms with E-state index in [4.69, 9.17) is 5.73 Å². The average molecular weight is 231 g/mol. The molecule has 0 atom stereocenters. The standard InChI is InChI=1S/C12H13N3S/c13-7-9-6-10(11-2-1-5-16-11)15-12(14-9)8-3-4-8/h1-2,5-6,8H,3-4,7,13H2. The monoisotopic (exact) mass is 231 g/mol. The topological polar surface area (TPSA) is 51.8 Å². The minimum atomic E-state index is 0.487. The number of hydrogen-bond acceptors (Lipinski definition) is 4. The summed E-state index contributed by atoms with van der Waals surface area (Å²) in [7, 11) is 0. The average Bonchev–Trinajstić information content (AvgIpc) is 3.04. The van der Waals surface area contributed by atoms with Crippen molar-refractivity contribution in [3.63, 3.8) is 0 Å². The van der Waals surface area contributed by atoms with E-state index < -0.39 is 0 Å². The Bertz CT molecular complexity index is 489. The summed E-state index contributed by atoms with van der Waals surface area (Å²) in [6, 6.07) is 6.13. The maximum absolute atomic E-state index is 5.67. The van der Waals surface area contributed by atoms with Crippen molar-refractivity contribution >= 4 is 11.3 Å². The van der Waals surface area contributed by atoms with Gasteiger partial charge in [-0.1, -0.05) is 6.07 Å². The molecule has 0 spiro atoms. The van der Waals surface area contributed by atoms with Crippen LogP contribution in [0, 0.1) is 0 Å². The van der Waals surface area contributed by atoms with Crippen LogP contribution in [0.3, 0.4) is 0 Å². The summed E-state index contributed by atoms with van der Waals surface area (Å²) < 4.78 is 0. The summed E-state index contributed by atoms with van der Waals surface area (Å²) >= 11 is 1.70. The van der Waals surface area contributed by atoms with Gasteiger partial charge in [0.1, 0.15) is 5.82 Å². The molecule has 1 saturated carbocycles. The van der Waals surface area contributed by atoms with Crippen molar-refractivity contribution < 1.29 is 0 Å². The highest BCUT2D eigenvalue weighted by molar-refractivity contribution is 7.13. The molecule has 4 heteroatoms. The molecule has 2 aromatic rings. The Morgan fingerprint density at radius 1 is 1.38 bits per heavy atom. The number of nitrogens with zero attached hydrogens (tertiary/aromatic N) is 2. The first-order valence-corrected chi connectivity index (χ1v) is 6.36. The maximum atomic E-state index is 5.67. The highest BCUT2D eigenvalue weighted by atomic mass is 32.1. The maximum Gasteiger partial charge on any atom is 0.132 e. The molecule has 2 heterocycles. The van der Waals surface area contributed by atoms with Gasteiger partial charge >= 0.3 is 0 Å². The molecule has 1 fully saturated rings. The molecule has 0 aromatic carbocycles. The Labute approximate surface area is 98.4 Å². The Kier molecular flexibility index (Phi) is 2.46. The molecular formula is C12H13N3S. The van der Waals surface area contributed by atoms with Gasteiger partial charge in [0.2, 0.25) is 0 Å². The van der Waals surface area contributed by atoms with Crippen molar-refractivity contribution in [1.82, 2.24) is 9.97 Å². The zero-order chi connectivity index (χ0) is 11.0. The zero-order valence-corrected chi connectivity index (χ0v) is 9.70. The predicted octanol–water partition coefficient (Wildman–Crippen LogP) is 2.54. The Morgan fingerprint density at radius 2 is 2.25 bits per heavy atom. The van der Waals surface area contributed by atoms with Crippen LogP contribution in [0.5, 0.6) is 0 Å². The summed E-state index contributed by atoms with van der Waals surface area (Å²) in [5.41, 5.74) is 7.64. The van der Waals surface area contributed by atoms with E-state index in [1.165, 1.54) is 17.7 Å². The molecule has 2 aromatic heterocycles. The van der Waals surface area contributed by atoms with Crippen LogP contribution in [0.25, 0.3) is 10.6 Å². The third-order valence-electron chi connectivity index (χ3n) is 2.72. The number of hydrogen-bond donors (Lipinski definition) is 1. The number of aromatic nitrogens is 2. The summed E-state index contributed by atoms with van der Waals surface area (Å²) in [6.45, 7) is 0.487. The molecule has 0 unspecified atom stereocenters. The molecule has 0 radical (unpaired) electrons. The van der Waals surface area contributed by atoms with Crippen LogP contribution >= 0.6 is 11.3 Å². The lowest BCUT2D eigenvalue weighted by molar-refractivity contribution is 0.871. The lowest BCUT2D eigenvalue weighted by atomic mass is 10.2. The molecule has 3 nitrogen and oxygen atoms in total. The fourth-order valence-electron chi connectivity index (χ4n) is 1.70. The van der Waals surface area contributed by atoms with Crippen LogP contribution < -0.4 is 5.73 Å². The molecule has 1 aliphatic rings. The van der Waals surface area contributed by atoms with Gasteiger partial charge in [-0.25, -0.2) is 9.97 Å². The molecule has 3 rings (SSSR count). The largest absolute Gasteiger partial charge is 0.325 e. The van der Waals surface area contributed by atoms with Crippen LogP contribution in [0.4, 0.5) is 0 Å². The molecule has 82 valence electrons. The molecule has 16 heavy (non-hydrogen) atoms. The van der Waals surface area contributed by atoms with Gasteiger partial charge in [0.05, 0.1) is 16.3 Å². The van der Waals surface area contributed by atoms with Crippen LogP contribution in [0.1, 0.15) is 30.3 Å². The minimum absolute atomic E-state index is 0.487. The van der Waals surface area contributed by atoms with E-state index in [2.05, 4.69) is 21.4 Å².